The van der Waals surface area contributed by atoms with E-state index in [1.165, 1.54) is 0 Å². The molecule has 11 atom stereocenters. The van der Waals surface area contributed by atoms with Crippen LogP contribution in [0.4, 0.5) is 0 Å². The molecule has 166 valence electrons. The van der Waals surface area contributed by atoms with E-state index in [1.807, 2.05) is 0 Å². The van der Waals surface area contributed by atoms with E-state index in [-0.39, 0.29) is 17.8 Å². The number of fused-ring (bicyclic) bond motifs is 3. The first-order chi connectivity index (χ1) is 14.1. The van der Waals surface area contributed by atoms with Gasteiger partial charge in [-0.15, -0.1) is 0 Å². The Kier molecular flexibility index (Phi) is 5.65. The minimum absolute atomic E-state index is 0.268. The van der Waals surface area contributed by atoms with Gasteiger partial charge in [0, 0.05) is 17.4 Å². The molecular formula is C21H28O9. The highest BCUT2D eigenvalue weighted by molar-refractivity contribution is 5.91. The van der Waals surface area contributed by atoms with Gasteiger partial charge in [0.2, 0.25) is 0 Å². The summed E-state index contributed by atoms with van der Waals surface area (Å²) in [7, 11) is 0. The quantitative estimate of drug-likeness (QED) is 0.214. The lowest BCUT2D eigenvalue weighted by molar-refractivity contribution is -0.298. The maximum atomic E-state index is 12.1. The highest BCUT2D eigenvalue weighted by atomic mass is 16.7. The number of hydrogen-bond acceptors (Lipinski definition) is 9. The van der Waals surface area contributed by atoms with Gasteiger partial charge in [-0.3, -0.25) is 0 Å². The summed E-state index contributed by atoms with van der Waals surface area (Å²) in [5, 5.41) is 50.2. The lowest BCUT2D eigenvalue weighted by atomic mass is 9.82. The van der Waals surface area contributed by atoms with Gasteiger partial charge in [-0.05, 0) is 29.9 Å². The normalized spacial score (nSPS) is 48.9. The third kappa shape index (κ3) is 3.25. The van der Waals surface area contributed by atoms with Crippen molar-refractivity contribution in [2.45, 2.75) is 61.9 Å². The maximum Gasteiger partial charge on any atom is 0.334 e. The molecule has 4 aliphatic rings. The Hall–Kier alpha value is -1.59. The smallest absolute Gasteiger partial charge is 0.334 e. The van der Waals surface area contributed by atoms with Gasteiger partial charge in [0.05, 0.1) is 18.8 Å². The monoisotopic (exact) mass is 424 g/mol. The standard InChI is InChI=1S/C21H28O9/c1-7-10-5-13(28-19-14(6-22)29-21(27)17(25)16(19)24)9(3)15(10)18-11(4-12(7)23)8(2)20(26)30-18/h10-19,21-25,27H,1-6H2/t10-,11-,12-,13-,14-,15-,16-,17+,18-,19+,21-/m0/s1. The first-order valence-electron chi connectivity index (χ1n) is 10.1. The predicted octanol–water partition coefficient (Wildman–Crippen LogP) is -1.22. The summed E-state index contributed by atoms with van der Waals surface area (Å²) in [5.74, 6) is -1.47. The van der Waals surface area contributed by atoms with Crippen LogP contribution in [0.5, 0.6) is 0 Å². The molecule has 0 aromatic carbocycles. The summed E-state index contributed by atoms with van der Waals surface area (Å²) < 4.78 is 16.8. The second-order valence-electron chi connectivity index (χ2n) is 8.59. The van der Waals surface area contributed by atoms with Crippen molar-refractivity contribution < 1.29 is 44.5 Å². The van der Waals surface area contributed by atoms with Crippen LogP contribution in [-0.4, -0.2) is 87.1 Å². The molecule has 0 spiro atoms. The molecule has 2 aliphatic heterocycles. The van der Waals surface area contributed by atoms with Gasteiger partial charge >= 0.3 is 5.97 Å². The zero-order chi connectivity index (χ0) is 21.9. The van der Waals surface area contributed by atoms with Gasteiger partial charge in [-0.25, -0.2) is 4.79 Å². The number of ether oxygens (including phenoxy) is 3. The van der Waals surface area contributed by atoms with Gasteiger partial charge in [0.1, 0.15) is 30.5 Å². The van der Waals surface area contributed by atoms with Crippen molar-refractivity contribution in [3.8, 4) is 0 Å². The Bertz CT molecular complexity index is 762. The van der Waals surface area contributed by atoms with E-state index >= 15 is 0 Å². The highest BCUT2D eigenvalue weighted by Gasteiger charge is 2.56. The first kappa shape index (κ1) is 21.6. The number of esters is 1. The Labute approximate surface area is 173 Å². The molecule has 4 rings (SSSR count). The highest BCUT2D eigenvalue weighted by Crippen LogP contribution is 2.53. The van der Waals surface area contributed by atoms with E-state index in [1.54, 1.807) is 0 Å². The number of hydrogen-bond donors (Lipinski definition) is 5. The molecule has 5 N–H and O–H groups in total. The predicted molar refractivity (Wildman–Crippen MR) is 102 cm³/mol. The SMILES string of the molecule is C=C1[C@@H]2[C@H]3OC(=O)C(=C)[C@@H]3C[C@H](O)C(=C)[C@@H]2C[C@@H]1O[C@H]1[C@@H](O)[C@@H](O)[C@@H](O)O[C@H]1CO. The van der Waals surface area contributed by atoms with Crippen LogP contribution in [0.25, 0.3) is 0 Å². The van der Waals surface area contributed by atoms with Crippen LogP contribution in [-0.2, 0) is 19.0 Å². The third-order valence-corrected chi connectivity index (χ3v) is 6.99. The fourth-order valence-corrected chi connectivity index (χ4v) is 5.26. The second-order valence-corrected chi connectivity index (χ2v) is 8.59. The number of carbonyl (C=O) groups excluding carboxylic acids is 1. The number of rotatable bonds is 3. The molecule has 2 saturated carbocycles. The van der Waals surface area contributed by atoms with Crippen LogP contribution in [0.3, 0.4) is 0 Å². The lowest BCUT2D eigenvalue weighted by Crippen LogP contribution is -2.60. The van der Waals surface area contributed by atoms with Gasteiger partial charge in [-0.2, -0.15) is 0 Å². The van der Waals surface area contributed by atoms with Crippen molar-refractivity contribution in [3.05, 3.63) is 36.5 Å². The summed E-state index contributed by atoms with van der Waals surface area (Å²) in [6.45, 7) is 11.5. The Morgan fingerprint density at radius 2 is 1.70 bits per heavy atom. The number of carbonyl (C=O) groups is 1. The molecule has 0 bridgehead atoms. The molecule has 0 aromatic rings. The van der Waals surface area contributed by atoms with E-state index in [9.17, 15) is 30.3 Å². The topological polar surface area (TPSA) is 146 Å². The Morgan fingerprint density at radius 3 is 2.37 bits per heavy atom. The van der Waals surface area contributed by atoms with Crippen LogP contribution >= 0.6 is 0 Å². The molecule has 9 heteroatoms. The maximum absolute atomic E-state index is 12.1. The van der Waals surface area contributed by atoms with Crippen LogP contribution in [0.1, 0.15) is 12.8 Å². The molecule has 0 radical (unpaired) electrons. The van der Waals surface area contributed by atoms with E-state index in [4.69, 9.17) is 14.2 Å². The summed E-state index contributed by atoms with van der Waals surface area (Å²) in [5.41, 5.74) is 1.52. The minimum atomic E-state index is -1.64. The van der Waals surface area contributed by atoms with E-state index in [0.717, 1.165) is 0 Å². The molecule has 9 nitrogen and oxygen atoms in total. The molecular weight excluding hydrogens is 396 g/mol. The zero-order valence-electron chi connectivity index (χ0n) is 16.5. The van der Waals surface area contributed by atoms with E-state index in [0.29, 0.717) is 29.6 Å². The number of aliphatic hydroxyl groups is 5. The summed E-state index contributed by atoms with van der Waals surface area (Å²) in [6, 6.07) is 0. The number of aliphatic hydroxyl groups excluding tert-OH is 5. The molecule has 2 heterocycles. The lowest BCUT2D eigenvalue weighted by Gasteiger charge is -2.41. The van der Waals surface area contributed by atoms with E-state index < -0.39 is 61.6 Å². The molecule has 0 amide bonds. The van der Waals surface area contributed by atoms with Crippen LogP contribution < -0.4 is 0 Å². The van der Waals surface area contributed by atoms with Gasteiger partial charge in [0.15, 0.2) is 6.29 Å². The third-order valence-electron chi connectivity index (χ3n) is 6.99. The van der Waals surface area contributed by atoms with Crippen LogP contribution in [0.2, 0.25) is 0 Å². The summed E-state index contributed by atoms with van der Waals surface area (Å²) >= 11 is 0. The van der Waals surface area contributed by atoms with Crippen molar-refractivity contribution >= 4 is 5.97 Å². The average molecular weight is 424 g/mol. The molecule has 0 unspecified atom stereocenters. The average Bonchev–Trinajstić information content (AvgIpc) is 3.14. The summed E-state index contributed by atoms with van der Waals surface area (Å²) in [4.78, 5) is 12.1. The van der Waals surface area contributed by atoms with Crippen molar-refractivity contribution in [1.82, 2.24) is 0 Å². The van der Waals surface area contributed by atoms with Crippen LogP contribution in [0.15, 0.2) is 36.5 Å². The van der Waals surface area contributed by atoms with Gasteiger partial charge < -0.3 is 39.7 Å². The first-order valence-corrected chi connectivity index (χ1v) is 10.1. The van der Waals surface area contributed by atoms with Crippen molar-refractivity contribution in [2.24, 2.45) is 17.8 Å². The molecule has 4 fully saturated rings. The Balaban J connectivity index is 1.59. The summed E-state index contributed by atoms with van der Waals surface area (Å²) in [6.07, 6.45) is -8.25. The van der Waals surface area contributed by atoms with Crippen LogP contribution in [0, 0.1) is 17.8 Å². The Morgan fingerprint density at radius 1 is 1.00 bits per heavy atom. The molecule has 30 heavy (non-hydrogen) atoms. The fraction of sp³-hybridized carbons (Fsp3) is 0.667. The van der Waals surface area contributed by atoms with Gasteiger partial charge in [-0.1, -0.05) is 19.7 Å². The minimum Gasteiger partial charge on any atom is -0.458 e. The van der Waals surface area contributed by atoms with Crippen molar-refractivity contribution in [3.63, 3.8) is 0 Å². The molecule has 0 aromatic heterocycles. The van der Waals surface area contributed by atoms with Crippen molar-refractivity contribution in [2.75, 3.05) is 6.61 Å². The molecule has 2 saturated heterocycles. The van der Waals surface area contributed by atoms with Crippen molar-refractivity contribution in [1.29, 1.82) is 0 Å². The molecule has 2 aliphatic carbocycles. The van der Waals surface area contributed by atoms with Gasteiger partial charge in [0.25, 0.3) is 0 Å². The largest absolute Gasteiger partial charge is 0.458 e. The second kappa shape index (κ2) is 7.83. The zero-order valence-corrected chi connectivity index (χ0v) is 16.5. The van der Waals surface area contributed by atoms with E-state index in [2.05, 4.69) is 19.7 Å². The fourth-order valence-electron chi connectivity index (χ4n) is 5.26.